The Morgan fingerprint density at radius 3 is 1.58 bits per heavy atom. The first-order chi connectivity index (χ1) is 30.2. The van der Waals surface area contributed by atoms with Gasteiger partial charge >= 0.3 is 0 Å². The average molecular weight is 837 g/mol. The van der Waals surface area contributed by atoms with E-state index in [0.717, 1.165) is 12.8 Å². The summed E-state index contributed by atoms with van der Waals surface area (Å²) in [5, 5.41) is 0. The first-order valence-electron chi connectivity index (χ1n) is 23.6. The van der Waals surface area contributed by atoms with Crippen LogP contribution in [0.4, 0.5) is 34.1 Å². The summed E-state index contributed by atoms with van der Waals surface area (Å²) in [6.07, 6.45) is 2.17. The van der Waals surface area contributed by atoms with Gasteiger partial charge in [-0.3, -0.25) is 0 Å². The van der Waals surface area contributed by atoms with Crippen LogP contribution in [0.5, 0.6) is 0 Å². The Morgan fingerprint density at radius 1 is 0.438 bits per heavy atom. The Hall–Kier alpha value is -5.80. The third kappa shape index (κ3) is 7.11. The van der Waals surface area contributed by atoms with Crippen molar-refractivity contribution >= 4 is 57.2 Å². The van der Waals surface area contributed by atoms with Crippen molar-refractivity contribution in [3.8, 4) is 22.3 Å². The predicted molar refractivity (Wildman–Crippen MR) is 278 cm³/mol. The lowest BCUT2D eigenvalue weighted by atomic mass is 9.33. The molecule has 322 valence electrons. The van der Waals surface area contributed by atoms with E-state index < -0.39 is 0 Å². The topological polar surface area (TPSA) is 6.48 Å². The van der Waals surface area contributed by atoms with Crippen LogP contribution in [0.2, 0.25) is 0 Å². The van der Waals surface area contributed by atoms with Crippen LogP contribution >= 0.6 is 0 Å². The molecule has 0 saturated heterocycles. The van der Waals surface area contributed by atoms with Gasteiger partial charge in [0.05, 0.1) is 5.69 Å². The number of nitrogens with zero attached hydrogens (tertiary/aromatic N) is 2. The maximum atomic E-state index is 2.65. The quantitative estimate of drug-likeness (QED) is 0.163. The molecule has 0 spiro atoms. The molecule has 3 heteroatoms. The molecule has 64 heavy (non-hydrogen) atoms. The molecular weight excluding hydrogens is 771 g/mol. The van der Waals surface area contributed by atoms with Crippen molar-refractivity contribution in [1.82, 2.24) is 0 Å². The largest absolute Gasteiger partial charge is 0.311 e. The Balaban J connectivity index is 1.28. The molecule has 0 aromatic heterocycles. The fourth-order valence-corrected chi connectivity index (χ4v) is 11.0. The molecule has 2 heterocycles. The number of anilines is 6. The maximum absolute atomic E-state index is 2.65. The summed E-state index contributed by atoms with van der Waals surface area (Å²) in [6, 6.07) is 52.3. The Labute approximate surface area is 384 Å². The summed E-state index contributed by atoms with van der Waals surface area (Å²) < 4.78 is 0. The number of aryl methyl sites for hydroxylation is 2. The molecule has 10 rings (SSSR count). The Morgan fingerprint density at radius 2 is 0.969 bits per heavy atom. The average Bonchev–Trinajstić information content (AvgIpc) is 3.54. The minimum atomic E-state index is -0.0000400. The molecule has 2 aliphatic heterocycles. The van der Waals surface area contributed by atoms with E-state index in [-0.39, 0.29) is 28.4 Å². The van der Waals surface area contributed by atoms with Crippen molar-refractivity contribution < 1.29 is 0 Å². The van der Waals surface area contributed by atoms with Gasteiger partial charge in [-0.2, -0.15) is 0 Å². The highest BCUT2D eigenvalue weighted by Crippen LogP contribution is 2.50. The van der Waals surface area contributed by atoms with E-state index in [4.69, 9.17) is 0 Å². The van der Waals surface area contributed by atoms with E-state index in [1.807, 2.05) is 0 Å². The predicted octanol–water partition coefficient (Wildman–Crippen LogP) is 14.7. The number of hydrogen-bond acceptors (Lipinski definition) is 2. The smallest absolute Gasteiger partial charge is 0.252 e. The zero-order valence-electron chi connectivity index (χ0n) is 40.6. The minimum Gasteiger partial charge on any atom is -0.311 e. The maximum Gasteiger partial charge on any atom is 0.252 e. The molecule has 0 unspecified atom stereocenters. The van der Waals surface area contributed by atoms with Crippen LogP contribution in [0.3, 0.4) is 0 Å². The summed E-state index contributed by atoms with van der Waals surface area (Å²) in [4.78, 5) is 5.27. The number of benzene rings is 7. The third-order valence-electron chi connectivity index (χ3n) is 14.4. The van der Waals surface area contributed by atoms with Crippen molar-refractivity contribution in [2.45, 2.75) is 119 Å². The second-order valence-electron chi connectivity index (χ2n) is 23.2. The SMILES string of the molecule is Cc1cc2c3c(c1)N(c1ccc(C(C)(C)C)cc1-c1ccccc1)c1cc4c(cc1B3c1ccc(-c3ccc(C(C)(C)C)cc3)cc1N2c1ccc(C(C)(C)C)cc1C)CC(C)(C)C4. The molecule has 0 atom stereocenters. The summed E-state index contributed by atoms with van der Waals surface area (Å²) in [7, 11) is 0. The van der Waals surface area contributed by atoms with E-state index in [2.05, 4.69) is 233 Å². The van der Waals surface area contributed by atoms with Gasteiger partial charge in [-0.15, -0.1) is 0 Å². The fourth-order valence-electron chi connectivity index (χ4n) is 11.0. The summed E-state index contributed by atoms with van der Waals surface area (Å²) in [6.45, 7) is 30.4. The molecule has 0 radical (unpaired) electrons. The second kappa shape index (κ2) is 14.6. The van der Waals surface area contributed by atoms with Crippen molar-refractivity contribution in [2.24, 2.45) is 5.41 Å². The molecular formula is C61H65BN2. The zero-order valence-corrected chi connectivity index (χ0v) is 40.6. The lowest BCUT2D eigenvalue weighted by molar-refractivity contribution is 0.392. The van der Waals surface area contributed by atoms with Gasteiger partial charge in [0.1, 0.15) is 0 Å². The van der Waals surface area contributed by atoms with Gasteiger partial charge in [-0.05, 0) is 163 Å². The normalized spacial score (nSPS) is 15.2. The van der Waals surface area contributed by atoms with E-state index in [9.17, 15) is 0 Å². The lowest BCUT2D eigenvalue weighted by Crippen LogP contribution is -2.61. The molecule has 3 aliphatic rings. The standard InChI is InChI=1S/C61H65BN2/c1-38-29-55-57-56(30-38)64(52-28-25-47(60(9,10)11)35-48(52)41-17-15-14-16-18-41)54-34-44-37-61(12,13)36-43(44)32-50(54)62(57)49-26-21-42(40-19-22-45(23-20-40)58(3,4)5)33-53(49)63(55)51-27-24-46(31-39(51)2)59(6,7)8/h14-35H,36-37H2,1-13H3. The zero-order chi connectivity index (χ0) is 45.2. The minimum absolute atomic E-state index is 0.0000400. The molecule has 0 amide bonds. The molecule has 7 aromatic rings. The first kappa shape index (κ1) is 42.2. The second-order valence-corrected chi connectivity index (χ2v) is 23.2. The fraction of sp³-hybridized carbons (Fsp3) is 0.311. The first-order valence-corrected chi connectivity index (χ1v) is 23.6. The highest BCUT2D eigenvalue weighted by molar-refractivity contribution is 7.00. The summed E-state index contributed by atoms with van der Waals surface area (Å²) >= 11 is 0. The van der Waals surface area contributed by atoms with Crippen LogP contribution in [0.1, 0.15) is 115 Å². The molecule has 2 nitrogen and oxygen atoms in total. The number of rotatable bonds is 4. The highest BCUT2D eigenvalue weighted by atomic mass is 15.2. The van der Waals surface area contributed by atoms with Crippen molar-refractivity contribution in [3.05, 3.63) is 172 Å². The lowest BCUT2D eigenvalue weighted by Gasteiger charge is -2.45. The van der Waals surface area contributed by atoms with Crippen molar-refractivity contribution in [2.75, 3.05) is 9.80 Å². The summed E-state index contributed by atoms with van der Waals surface area (Å²) in [5.74, 6) is 0. The third-order valence-corrected chi connectivity index (χ3v) is 14.4. The van der Waals surface area contributed by atoms with Crippen LogP contribution in [0, 0.1) is 19.3 Å². The molecule has 7 aromatic carbocycles. The molecule has 1 aliphatic carbocycles. The van der Waals surface area contributed by atoms with Crippen LogP contribution < -0.4 is 26.2 Å². The van der Waals surface area contributed by atoms with Gasteiger partial charge in [0, 0.05) is 34.0 Å². The summed E-state index contributed by atoms with van der Waals surface area (Å²) in [5.41, 5.74) is 26.6. The van der Waals surface area contributed by atoms with Gasteiger partial charge < -0.3 is 9.80 Å². The van der Waals surface area contributed by atoms with E-state index in [1.54, 1.807) is 0 Å². The van der Waals surface area contributed by atoms with Crippen molar-refractivity contribution in [1.29, 1.82) is 0 Å². The Bertz CT molecular complexity index is 2990. The number of fused-ring (bicyclic) bond motifs is 5. The molecule has 0 bridgehead atoms. The van der Waals surface area contributed by atoms with Gasteiger partial charge in [-0.25, -0.2) is 0 Å². The Kier molecular flexibility index (Phi) is 9.63. The monoisotopic (exact) mass is 837 g/mol. The van der Waals surface area contributed by atoms with Crippen molar-refractivity contribution in [3.63, 3.8) is 0 Å². The highest BCUT2D eigenvalue weighted by Gasteiger charge is 2.45. The van der Waals surface area contributed by atoms with Crippen LogP contribution in [-0.4, -0.2) is 6.71 Å². The van der Waals surface area contributed by atoms with E-state index >= 15 is 0 Å². The van der Waals surface area contributed by atoms with Gasteiger partial charge in [0.25, 0.3) is 6.71 Å². The van der Waals surface area contributed by atoms with E-state index in [1.165, 1.54) is 112 Å². The van der Waals surface area contributed by atoms with Gasteiger partial charge in [0.2, 0.25) is 0 Å². The molecule has 0 N–H and O–H groups in total. The van der Waals surface area contributed by atoms with Gasteiger partial charge in [-0.1, -0.05) is 167 Å². The molecule has 0 fully saturated rings. The molecule has 0 saturated carbocycles. The van der Waals surface area contributed by atoms with Crippen LogP contribution in [0.15, 0.2) is 133 Å². The number of hydrogen-bond donors (Lipinski definition) is 0. The van der Waals surface area contributed by atoms with Gasteiger partial charge in [0.15, 0.2) is 0 Å². The van der Waals surface area contributed by atoms with Crippen LogP contribution in [-0.2, 0) is 29.1 Å². The van der Waals surface area contributed by atoms with E-state index in [0.29, 0.717) is 0 Å². The van der Waals surface area contributed by atoms with Crippen LogP contribution in [0.25, 0.3) is 22.3 Å².